The second kappa shape index (κ2) is 8.63. The van der Waals surface area contributed by atoms with Gasteiger partial charge in [0.25, 0.3) is 0 Å². The minimum Gasteiger partial charge on any atom is -0.370 e. The number of rotatable bonds is 6. The zero-order valence-corrected chi connectivity index (χ0v) is 14.3. The number of aromatic amines is 1. The molecule has 2 aromatic rings. The van der Waals surface area contributed by atoms with Crippen LogP contribution in [0.25, 0.3) is 0 Å². The van der Waals surface area contributed by atoms with Crippen LogP contribution in [0.5, 0.6) is 0 Å². The van der Waals surface area contributed by atoms with Crippen molar-refractivity contribution in [3.63, 3.8) is 0 Å². The van der Waals surface area contributed by atoms with Gasteiger partial charge in [-0.1, -0.05) is 42.1 Å². The Morgan fingerprint density at radius 2 is 2.16 bits per heavy atom. The molecule has 0 saturated carbocycles. The minimum absolute atomic E-state index is 0.0422. The lowest BCUT2D eigenvalue weighted by Crippen LogP contribution is -2.39. The van der Waals surface area contributed by atoms with E-state index in [4.69, 9.17) is 4.74 Å². The standard InChI is InChI=1S/C16H19N5O3S/c22-13(18-15(23)17-9-11-5-2-1-3-6-11)10-25-16-19-14(20-21-16)12-7-4-8-24-12/h1-3,5-6,12H,4,7-10H2,(H,19,20,21)(H2,17,18,22,23). The molecule has 1 saturated heterocycles. The summed E-state index contributed by atoms with van der Waals surface area (Å²) in [4.78, 5) is 27.8. The molecule has 3 rings (SSSR count). The minimum atomic E-state index is -0.524. The number of H-pyrrole nitrogens is 1. The van der Waals surface area contributed by atoms with E-state index in [9.17, 15) is 9.59 Å². The van der Waals surface area contributed by atoms with Gasteiger partial charge in [-0.3, -0.25) is 15.2 Å². The molecule has 1 aliphatic rings. The highest BCUT2D eigenvalue weighted by molar-refractivity contribution is 7.99. The smallest absolute Gasteiger partial charge is 0.321 e. The fraction of sp³-hybridized carbons (Fsp3) is 0.375. The van der Waals surface area contributed by atoms with Crippen molar-refractivity contribution in [3.05, 3.63) is 41.7 Å². The maximum Gasteiger partial charge on any atom is 0.321 e. The Balaban J connectivity index is 1.38. The lowest BCUT2D eigenvalue weighted by atomic mass is 10.2. The van der Waals surface area contributed by atoms with Crippen LogP contribution in [0.2, 0.25) is 0 Å². The number of thioether (sulfide) groups is 1. The van der Waals surface area contributed by atoms with Gasteiger partial charge in [-0.05, 0) is 18.4 Å². The van der Waals surface area contributed by atoms with E-state index in [-0.39, 0.29) is 11.9 Å². The van der Waals surface area contributed by atoms with Gasteiger partial charge in [-0.2, -0.15) is 0 Å². The Hall–Kier alpha value is -2.39. The summed E-state index contributed by atoms with van der Waals surface area (Å²) in [6, 6.07) is 8.94. The lowest BCUT2D eigenvalue weighted by molar-refractivity contribution is -0.117. The first kappa shape index (κ1) is 17.4. The first-order chi connectivity index (χ1) is 12.2. The summed E-state index contributed by atoms with van der Waals surface area (Å²) in [5, 5.41) is 12.3. The average molecular weight is 361 g/mol. The third-order valence-electron chi connectivity index (χ3n) is 3.60. The lowest BCUT2D eigenvalue weighted by Gasteiger charge is -2.06. The second-order valence-electron chi connectivity index (χ2n) is 5.51. The summed E-state index contributed by atoms with van der Waals surface area (Å²) in [5.74, 6) is 0.335. The summed E-state index contributed by atoms with van der Waals surface area (Å²) in [5.41, 5.74) is 0.960. The van der Waals surface area contributed by atoms with Crippen molar-refractivity contribution in [2.45, 2.75) is 30.6 Å². The molecule has 8 nitrogen and oxygen atoms in total. The molecule has 0 radical (unpaired) electrons. The SMILES string of the molecule is O=C(CSc1n[nH]c(C2CCCO2)n1)NC(=O)NCc1ccccc1. The Bertz CT molecular complexity index is 716. The van der Waals surface area contributed by atoms with Gasteiger partial charge < -0.3 is 10.1 Å². The van der Waals surface area contributed by atoms with Crippen LogP contribution in [0.15, 0.2) is 35.5 Å². The fourth-order valence-corrected chi connectivity index (χ4v) is 2.98. The molecule has 1 aromatic carbocycles. The molecule has 3 N–H and O–H groups in total. The topological polar surface area (TPSA) is 109 Å². The predicted octanol–water partition coefficient (Wildman–Crippen LogP) is 1.77. The maximum absolute atomic E-state index is 11.8. The van der Waals surface area contributed by atoms with Crippen LogP contribution in [0.1, 0.15) is 30.3 Å². The molecule has 0 spiro atoms. The Morgan fingerprint density at radius 3 is 2.92 bits per heavy atom. The highest BCUT2D eigenvalue weighted by atomic mass is 32.2. The monoisotopic (exact) mass is 361 g/mol. The normalized spacial score (nSPS) is 16.6. The molecule has 2 heterocycles. The van der Waals surface area contributed by atoms with Crippen molar-refractivity contribution >= 4 is 23.7 Å². The van der Waals surface area contributed by atoms with Crippen molar-refractivity contribution in [2.24, 2.45) is 0 Å². The maximum atomic E-state index is 11.8. The quantitative estimate of drug-likeness (QED) is 0.677. The molecule has 1 aromatic heterocycles. The number of carbonyl (C=O) groups excluding carboxylic acids is 2. The van der Waals surface area contributed by atoms with Crippen LogP contribution in [-0.4, -0.2) is 39.5 Å². The highest BCUT2D eigenvalue weighted by Crippen LogP contribution is 2.26. The third kappa shape index (κ3) is 5.30. The molecule has 1 atom stereocenters. The van der Waals surface area contributed by atoms with E-state index < -0.39 is 11.9 Å². The molecule has 0 aliphatic carbocycles. The van der Waals surface area contributed by atoms with Crippen LogP contribution >= 0.6 is 11.8 Å². The summed E-state index contributed by atoms with van der Waals surface area (Å²) in [7, 11) is 0. The van der Waals surface area contributed by atoms with Gasteiger partial charge >= 0.3 is 6.03 Å². The van der Waals surface area contributed by atoms with Crippen LogP contribution in [-0.2, 0) is 16.1 Å². The van der Waals surface area contributed by atoms with Crippen molar-refractivity contribution in [3.8, 4) is 0 Å². The Morgan fingerprint density at radius 1 is 1.32 bits per heavy atom. The molecule has 1 unspecified atom stereocenters. The van der Waals surface area contributed by atoms with Crippen LogP contribution < -0.4 is 10.6 Å². The molecule has 3 amide bonds. The van der Waals surface area contributed by atoms with Gasteiger partial charge in [-0.25, -0.2) is 9.78 Å². The zero-order chi connectivity index (χ0) is 17.5. The van der Waals surface area contributed by atoms with Crippen LogP contribution in [0, 0.1) is 0 Å². The predicted molar refractivity (Wildman–Crippen MR) is 91.9 cm³/mol. The number of hydrogen-bond acceptors (Lipinski definition) is 6. The molecule has 132 valence electrons. The summed E-state index contributed by atoms with van der Waals surface area (Å²) in [6.45, 7) is 1.09. The van der Waals surface area contributed by atoms with E-state index in [0.29, 0.717) is 17.5 Å². The zero-order valence-electron chi connectivity index (χ0n) is 13.5. The number of urea groups is 1. The second-order valence-corrected chi connectivity index (χ2v) is 6.45. The van der Waals surface area contributed by atoms with Gasteiger partial charge in [0.05, 0.1) is 5.75 Å². The number of aromatic nitrogens is 3. The van der Waals surface area contributed by atoms with E-state index in [1.807, 2.05) is 30.3 Å². The van der Waals surface area contributed by atoms with Gasteiger partial charge in [0, 0.05) is 13.2 Å². The van der Waals surface area contributed by atoms with E-state index >= 15 is 0 Å². The first-order valence-corrected chi connectivity index (χ1v) is 8.97. The van der Waals surface area contributed by atoms with E-state index in [0.717, 1.165) is 36.8 Å². The first-order valence-electron chi connectivity index (χ1n) is 7.99. The number of benzene rings is 1. The Kier molecular flexibility index (Phi) is 6.02. The summed E-state index contributed by atoms with van der Waals surface area (Å²) in [6.07, 6.45) is 1.88. The number of nitrogens with zero attached hydrogens (tertiary/aromatic N) is 2. The van der Waals surface area contributed by atoms with E-state index in [1.54, 1.807) is 0 Å². The third-order valence-corrected chi connectivity index (χ3v) is 4.45. The largest absolute Gasteiger partial charge is 0.370 e. The van der Waals surface area contributed by atoms with Gasteiger partial charge in [0.15, 0.2) is 5.82 Å². The number of imide groups is 1. The average Bonchev–Trinajstić information content (AvgIpc) is 3.30. The number of nitrogens with one attached hydrogen (secondary N) is 3. The van der Waals surface area contributed by atoms with Gasteiger partial charge in [-0.15, -0.1) is 5.10 Å². The molecule has 0 bridgehead atoms. The molecular formula is C16H19N5O3S. The molecule has 1 fully saturated rings. The number of carbonyl (C=O) groups is 2. The molecule has 9 heteroatoms. The molecule has 25 heavy (non-hydrogen) atoms. The number of amides is 3. The van der Waals surface area contributed by atoms with Crippen molar-refractivity contribution in [2.75, 3.05) is 12.4 Å². The number of hydrogen-bond donors (Lipinski definition) is 3. The van der Waals surface area contributed by atoms with Crippen LogP contribution in [0.3, 0.4) is 0 Å². The molecule has 1 aliphatic heterocycles. The van der Waals surface area contributed by atoms with Crippen molar-refractivity contribution in [1.82, 2.24) is 25.8 Å². The molecular weight excluding hydrogens is 342 g/mol. The fourth-order valence-electron chi connectivity index (χ4n) is 2.38. The van der Waals surface area contributed by atoms with Gasteiger partial charge in [0.1, 0.15) is 6.10 Å². The van der Waals surface area contributed by atoms with Gasteiger partial charge in [0.2, 0.25) is 11.1 Å². The summed E-state index contributed by atoms with van der Waals surface area (Å²) >= 11 is 1.16. The van der Waals surface area contributed by atoms with Crippen molar-refractivity contribution in [1.29, 1.82) is 0 Å². The Labute approximate surface area is 149 Å². The van der Waals surface area contributed by atoms with E-state index in [1.165, 1.54) is 0 Å². The van der Waals surface area contributed by atoms with Crippen molar-refractivity contribution < 1.29 is 14.3 Å². The number of ether oxygens (including phenoxy) is 1. The summed E-state index contributed by atoms with van der Waals surface area (Å²) < 4.78 is 5.52. The van der Waals surface area contributed by atoms with Crippen LogP contribution in [0.4, 0.5) is 4.79 Å². The highest BCUT2D eigenvalue weighted by Gasteiger charge is 2.21. The van der Waals surface area contributed by atoms with E-state index in [2.05, 4.69) is 25.8 Å².